The van der Waals surface area contributed by atoms with E-state index in [0.717, 1.165) is 47.7 Å². The number of fused-ring (bicyclic) bond motifs is 1. The number of aromatic nitrogens is 1. The van der Waals surface area contributed by atoms with E-state index >= 15 is 4.39 Å². The van der Waals surface area contributed by atoms with Gasteiger partial charge in [0.15, 0.2) is 11.6 Å². The van der Waals surface area contributed by atoms with Crippen LogP contribution in [0.1, 0.15) is 60.1 Å². The molecule has 0 aliphatic heterocycles. The van der Waals surface area contributed by atoms with Crippen molar-refractivity contribution in [3.8, 4) is 11.5 Å². The van der Waals surface area contributed by atoms with Crippen LogP contribution < -0.4 is 4.74 Å². The van der Waals surface area contributed by atoms with Gasteiger partial charge in [0.1, 0.15) is 5.75 Å². The van der Waals surface area contributed by atoms with Gasteiger partial charge in [0, 0.05) is 16.6 Å². The number of halogens is 4. The summed E-state index contributed by atoms with van der Waals surface area (Å²) < 4.78 is 57.2. The number of phenols is 1. The Morgan fingerprint density at radius 2 is 1.74 bits per heavy atom. The smallest absolute Gasteiger partial charge is 0.505 e. The monoisotopic (exact) mass is 481 g/mol. The van der Waals surface area contributed by atoms with E-state index in [1.165, 1.54) is 13.0 Å². The minimum atomic E-state index is -4.89. The highest BCUT2D eigenvalue weighted by atomic mass is 19.4. The maximum atomic E-state index is 15.0. The highest BCUT2D eigenvalue weighted by molar-refractivity contribution is 6.05. The van der Waals surface area contributed by atoms with E-state index in [1.54, 1.807) is 0 Å². The number of aliphatic carboxylic acids is 1. The first-order valence-corrected chi connectivity index (χ1v) is 10.6. The molecule has 0 fully saturated rings. The molecule has 34 heavy (non-hydrogen) atoms. The Balaban J connectivity index is 2.15. The van der Waals surface area contributed by atoms with Gasteiger partial charge >= 0.3 is 12.3 Å². The van der Waals surface area contributed by atoms with Gasteiger partial charge in [-0.15, -0.1) is 13.2 Å². The Kier molecular flexibility index (Phi) is 7.18. The second-order valence-corrected chi connectivity index (χ2v) is 7.89. The molecule has 0 aliphatic carbocycles. The van der Waals surface area contributed by atoms with Crippen LogP contribution >= 0.6 is 0 Å². The number of benzene rings is 2. The van der Waals surface area contributed by atoms with Crippen molar-refractivity contribution in [2.24, 2.45) is 0 Å². The van der Waals surface area contributed by atoms with Gasteiger partial charge in [-0.1, -0.05) is 26.2 Å². The zero-order valence-electron chi connectivity index (χ0n) is 18.4. The predicted molar refractivity (Wildman–Crippen MR) is 116 cm³/mol. The Morgan fingerprint density at radius 1 is 1.09 bits per heavy atom. The number of carbonyl (C=O) groups is 2. The van der Waals surface area contributed by atoms with Gasteiger partial charge in [-0.2, -0.15) is 0 Å². The predicted octanol–water partition coefficient (Wildman–Crippen LogP) is 6.13. The molecule has 6 nitrogen and oxygen atoms in total. The highest BCUT2D eigenvalue weighted by Crippen LogP contribution is 2.39. The van der Waals surface area contributed by atoms with Gasteiger partial charge < -0.3 is 14.9 Å². The van der Waals surface area contributed by atoms with Gasteiger partial charge in [0.05, 0.1) is 11.4 Å². The lowest BCUT2D eigenvalue weighted by Crippen LogP contribution is -2.18. The topological polar surface area (TPSA) is 88.8 Å². The largest absolute Gasteiger partial charge is 0.573 e. The van der Waals surface area contributed by atoms with Crippen LogP contribution in [-0.4, -0.2) is 33.0 Å². The lowest BCUT2D eigenvalue weighted by molar-refractivity contribution is -0.274. The molecule has 0 spiro atoms. The molecule has 3 aromatic rings. The zero-order chi connectivity index (χ0) is 25.2. The molecule has 2 N–H and O–H groups in total. The average molecular weight is 481 g/mol. The van der Waals surface area contributed by atoms with Crippen molar-refractivity contribution in [1.29, 1.82) is 0 Å². The van der Waals surface area contributed by atoms with Crippen LogP contribution in [0.3, 0.4) is 0 Å². The number of aromatic hydroxyl groups is 1. The van der Waals surface area contributed by atoms with E-state index in [-0.39, 0.29) is 34.1 Å². The number of hydrogen-bond donors (Lipinski definition) is 2. The molecule has 1 aromatic heterocycles. The average Bonchev–Trinajstić information content (AvgIpc) is 3.05. The Hall–Kier alpha value is -3.56. The van der Waals surface area contributed by atoms with Crippen LogP contribution in [0.5, 0.6) is 11.5 Å². The highest BCUT2D eigenvalue weighted by Gasteiger charge is 2.32. The molecule has 1 heterocycles. The molecule has 1 atom stereocenters. The standard InChI is InChI=1S/C24H23F4NO5/c1-3-4-5-6-16(23(32)33)19-13(2)29(17-11-12-18(30)21(25)20(17)19)22(31)14-7-9-15(10-8-14)34-24(26,27)28/h7-12,16,30H,3-6H2,1-2H3,(H,32,33). The van der Waals surface area contributed by atoms with Crippen molar-refractivity contribution in [1.82, 2.24) is 4.57 Å². The fourth-order valence-electron chi connectivity index (χ4n) is 4.09. The van der Waals surface area contributed by atoms with Crippen LogP contribution in [0.15, 0.2) is 36.4 Å². The number of alkyl halides is 3. The van der Waals surface area contributed by atoms with E-state index in [9.17, 15) is 33.0 Å². The van der Waals surface area contributed by atoms with Gasteiger partial charge in [-0.25, -0.2) is 4.39 Å². The fourth-order valence-corrected chi connectivity index (χ4v) is 4.09. The lowest BCUT2D eigenvalue weighted by atomic mass is 9.90. The molecular weight excluding hydrogens is 458 g/mol. The summed E-state index contributed by atoms with van der Waals surface area (Å²) in [5, 5.41) is 19.6. The van der Waals surface area contributed by atoms with E-state index in [1.807, 2.05) is 6.92 Å². The third-order valence-corrected chi connectivity index (χ3v) is 5.62. The number of rotatable bonds is 8. The first-order valence-electron chi connectivity index (χ1n) is 10.6. The summed E-state index contributed by atoms with van der Waals surface area (Å²) in [7, 11) is 0. The normalized spacial score (nSPS) is 12.6. The number of carboxylic acids is 1. The van der Waals surface area contributed by atoms with Crippen LogP contribution in [0.2, 0.25) is 0 Å². The van der Waals surface area contributed by atoms with Crippen LogP contribution in [0.4, 0.5) is 17.6 Å². The van der Waals surface area contributed by atoms with Crippen molar-refractivity contribution in [3.63, 3.8) is 0 Å². The third kappa shape index (κ3) is 5.00. The minimum absolute atomic E-state index is 0.0209. The SMILES string of the molecule is CCCCCC(C(=O)O)c1c(C)n(C(=O)c2ccc(OC(F)(F)F)cc2)c2ccc(O)c(F)c12. The second kappa shape index (κ2) is 9.74. The molecule has 182 valence electrons. The maximum Gasteiger partial charge on any atom is 0.573 e. The summed E-state index contributed by atoms with van der Waals surface area (Å²) >= 11 is 0. The quantitative estimate of drug-likeness (QED) is 0.299. The third-order valence-electron chi connectivity index (χ3n) is 5.62. The first kappa shape index (κ1) is 25.1. The van der Waals surface area contributed by atoms with E-state index in [0.29, 0.717) is 6.42 Å². The summed E-state index contributed by atoms with van der Waals surface area (Å²) in [5.41, 5.74) is 0.277. The molecule has 10 heteroatoms. The zero-order valence-corrected chi connectivity index (χ0v) is 18.4. The molecule has 0 saturated heterocycles. The first-order chi connectivity index (χ1) is 16.0. The molecule has 0 bridgehead atoms. The number of hydrogen-bond acceptors (Lipinski definition) is 4. The summed E-state index contributed by atoms with van der Waals surface area (Å²) in [5.74, 6) is -5.27. The molecule has 0 aliphatic rings. The van der Waals surface area contributed by atoms with Gasteiger partial charge in [0.25, 0.3) is 5.91 Å². The molecule has 0 amide bonds. The Labute approximate surface area is 192 Å². The molecule has 2 aromatic carbocycles. The van der Waals surface area contributed by atoms with Gasteiger partial charge in [-0.3, -0.25) is 14.2 Å². The second-order valence-electron chi connectivity index (χ2n) is 7.89. The summed E-state index contributed by atoms with van der Waals surface area (Å²) in [6.45, 7) is 3.43. The van der Waals surface area contributed by atoms with Crippen molar-refractivity contribution < 1.29 is 42.1 Å². The summed E-state index contributed by atoms with van der Waals surface area (Å²) in [6.07, 6.45) is -2.52. The number of carbonyl (C=O) groups excluding carboxylic acids is 1. The Bertz CT molecular complexity index is 1220. The number of ether oxygens (including phenoxy) is 1. The van der Waals surface area contributed by atoms with Crippen molar-refractivity contribution >= 4 is 22.8 Å². The minimum Gasteiger partial charge on any atom is -0.505 e. The number of phenolic OH excluding ortho intramolecular Hbond substituents is 1. The lowest BCUT2D eigenvalue weighted by Gasteiger charge is -2.14. The van der Waals surface area contributed by atoms with E-state index < -0.39 is 41.5 Å². The summed E-state index contributed by atoms with van der Waals surface area (Å²) in [4.78, 5) is 25.4. The molecule has 1 unspecified atom stereocenters. The van der Waals surface area contributed by atoms with Crippen molar-refractivity contribution in [2.75, 3.05) is 0 Å². The Morgan fingerprint density at radius 3 is 2.29 bits per heavy atom. The summed E-state index contributed by atoms with van der Waals surface area (Å²) in [6, 6.07) is 6.55. The van der Waals surface area contributed by atoms with Gasteiger partial charge in [-0.05, 0) is 55.3 Å². The molecule has 0 saturated carbocycles. The van der Waals surface area contributed by atoms with Crippen LogP contribution in [-0.2, 0) is 4.79 Å². The number of carboxylic acid groups (broad SMARTS) is 1. The number of unbranched alkanes of at least 4 members (excludes halogenated alkanes) is 2. The van der Waals surface area contributed by atoms with Crippen LogP contribution in [0.25, 0.3) is 10.9 Å². The van der Waals surface area contributed by atoms with E-state index in [2.05, 4.69) is 4.74 Å². The van der Waals surface area contributed by atoms with Crippen molar-refractivity contribution in [2.45, 2.75) is 51.8 Å². The van der Waals surface area contributed by atoms with Gasteiger partial charge in [0.2, 0.25) is 0 Å². The van der Waals surface area contributed by atoms with Crippen LogP contribution in [0, 0.1) is 12.7 Å². The van der Waals surface area contributed by atoms with E-state index in [4.69, 9.17) is 0 Å². The molecule has 0 radical (unpaired) electrons. The maximum absolute atomic E-state index is 15.0. The molecular formula is C24H23F4NO5. The number of nitrogens with zero attached hydrogens (tertiary/aromatic N) is 1. The fraction of sp³-hybridized carbons (Fsp3) is 0.333. The van der Waals surface area contributed by atoms with Crippen molar-refractivity contribution in [3.05, 3.63) is 59.0 Å². The molecule has 3 rings (SSSR count).